The van der Waals surface area contributed by atoms with Gasteiger partial charge in [0, 0.05) is 22.4 Å². The van der Waals surface area contributed by atoms with E-state index in [0.29, 0.717) is 29.5 Å². The van der Waals surface area contributed by atoms with E-state index in [4.69, 9.17) is 17.3 Å². The van der Waals surface area contributed by atoms with E-state index in [1.165, 1.54) is 11.6 Å². The van der Waals surface area contributed by atoms with Crippen LogP contribution in [0.5, 0.6) is 0 Å². The van der Waals surface area contributed by atoms with Crippen LogP contribution in [0.15, 0.2) is 55.1 Å². The Labute approximate surface area is 187 Å². The Hall–Kier alpha value is -2.65. The lowest BCUT2D eigenvalue weighted by molar-refractivity contribution is 0.565. The van der Waals surface area contributed by atoms with Crippen LogP contribution >= 0.6 is 11.6 Å². The zero-order valence-electron chi connectivity index (χ0n) is 17.8. The first-order chi connectivity index (χ1) is 14.9. The van der Waals surface area contributed by atoms with Gasteiger partial charge in [0.15, 0.2) is 0 Å². The third-order valence-electron chi connectivity index (χ3n) is 6.51. The summed E-state index contributed by atoms with van der Waals surface area (Å²) in [6.07, 6.45) is 2.03. The summed E-state index contributed by atoms with van der Waals surface area (Å²) in [7, 11) is 0. The molecule has 0 fully saturated rings. The molecule has 2 unspecified atom stereocenters. The average Bonchev–Trinajstić information content (AvgIpc) is 3.13. The molecule has 0 saturated heterocycles. The summed E-state index contributed by atoms with van der Waals surface area (Å²) in [5, 5.41) is -0.0550. The largest absolute Gasteiger partial charge is 0.399 e. The first-order valence-corrected chi connectivity index (χ1v) is 11.1. The number of hydrogen-bond donors (Lipinski definition) is 1. The highest BCUT2D eigenvalue weighted by atomic mass is 35.5. The molecule has 0 bridgehead atoms. The van der Waals surface area contributed by atoms with Crippen molar-refractivity contribution >= 4 is 17.3 Å². The zero-order valence-corrected chi connectivity index (χ0v) is 18.6. The highest BCUT2D eigenvalue weighted by molar-refractivity contribution is 6.34. The third kappa shape index (κ3) is 3.55. The van der Waals surface area contributed by atoms with Crippen LogP contribution in [-0.4, -0.2) is 0 Å². The normalized spacial score (nSPS) is 17.6. The number of hydrogen-bond acceptors (Lipinski definition) is 1. The van der Waals surface area contributed by atoms with Crippen molar-refractivity contribution in [3.05, 3.63) is 99.6 Å². The number of halogens is 3. The molecular weight excluding hydrogens is 412 g/mol. The Morgan fingerprint density at radius 2 is 1.81 bits per heavy atom. The van der Waals surface area contributed by atoms with Crippen molar-refractivity contribution in [2.45, 2.75) is 44.9 Å². The van der Waals surface area contributed by atoms with Gasteiger partial charge in [-0.05, 0) is 59.4 Å². The number of rotatable bonds is 5. The van der Waals surface area contributed by atoms with Gasteiger partial charge in [0.05, 0.1) is 5.02 Å². The first kappa shape index (κ1) is 21.6. The van der Waals surface area contributed by atoms with Crippen molar-refractivity contribution in [2.75, 3.05) is 0 Å². The van der Waals surface area contributed by atoms with Crippen LogP contribution in [0.25, 0.3) is 16.8 Å². The fraction of sp³-hybridized carbons (Fsp3) is 0.259. The lowest BCUT2D eigenvalue weighted by atomic mass is 9.81. The molecule has 0 radical (unpaired) electrons. The Bertz CT molecular complexity index is 1150. The molecule has 0 amide bonds. The Kier molecular flexibility index (Phi) is 5.90. The van der Waals surface area contributed by atoms with Crippen molar-refractivity contribution in [1.29, 1.82) is 0 Å². The van der Waals surface area contributed by atoms with Gasteiger partial charge in [-0.1, -0.05) is 74.5 Å². The van der Waals surface area contributed by atoms with E-state index in [1.54, 1.807) is 12.1 Å². The van der Waals surface area contributed by atoms with Gasteiger partial charge in [0.1, 0.15) is 11.6 Å². The second kappa shape index (κ2) is 8.47. The van der Waals surface area contributed by atoms with E-state index in [-0.39, 0.29) is 28.1 Å². The summed E-state index contributed by atoms with van der Waals surface area (Å²) in [5.74, 6) is -0.665. The van der Waals surface area contributed by atoms with Gasteiger partial charge in [-0.15, -0.1) is 0 Å². The molecule has 0 heterocycles. The average molecular weight is 438 g/mol. The summed E-state index contributed by atoms with van der Waals surface area (Å²) in [6, 6.07) is 15.2. The minimum Gasteiger partial charge on any atom is -0.399 e. The molecular formula is C27H26ClF2N. The first-order valence-electron chi connectivity index (χ1n) is 10.7. The molecule has 0 aliphatic heterocycles. The molecule has 1 nitrogen and oxygen atoms in total. The summed E-state index contributed by atoms with van der Waals surface area (Å²) < 4.78 is 30.8. The van der Waals surface area contributed by atoms with Crippen LogP contribution in [0.4, 0.5) is 8.78 Å². The van der Waals surface area contributed by atoms with Crippen LogP contribution in [0.1, 0.15) is 59.9 Å². The van der Waals surface area contributed by atoms with E-state index in [1.807, 2.05) is 25.1 Å². The summed E-state index contributed by atoms with van der Waals surface area (Å²) in [4.78, 5) is 0. The van der Waals surface area contributed by atoms with Crippen molar-refractivity contribution in [2.24, 2.45) is 5.73 Å². The van der Waals surface area contributed by atoms with Crippen molar-refractivity contribution in [3.63, 3.8) is 0 Å². The maximum atomic E-state index is 15.7. The highest BCUT2D eigenvalue weighted by Crippen LogP contribution is 2.53. The van der Waals surface area contributed by atoms with Crippen LogP contribution in [0.2, 0.25) is 5.02 Å². The summed E-state index contributed by atoms with van der Waals surface area (Å²) in [6.45, 7) is 7.83. The van der Waals surface area contributed by atoms with Gasteiger partial charge in [-0.25, -0.2) is 8.78 Å². The molecule has 1 aliphatic carbocycles. The molecule has 4 heteroatoms. The van der Waals surface area contributed by atoms with Gasteiger partial charge < -0.3 is 5.73 Å². The van der Waals surface area contributed by atoms with Crippen molar-refractivity contribution in [1.82, 2.24) is 0 Å². The topological polar surface area (TPSA) is 26.0 Å². The maximum absolute atomic E-state index is 15.7. The molecule has 3 aromatic rings. The number of aryl methyl sites for hydroxylation is 1. The minimum absolute atomic E-state index is 0.0550. The second-order valence-electron chi connectivity index (χ2n) is 8.20. The minimum atomic E-state index is -0.533. The predicted molar refractivity (Wildman–Crippen MR) is 125 cm³/mol. The molecule has 0 spiro atoms. The molecule has 160 valence electrons. The van der Waals surface area contributed by atoms with Crippen molar-refractivity contribution in [3.8, 4) is 11.1 Å². The quantitative estimate of drug-likeness (QED) is 0.436. The highest BCUT2D eigenvalue weighted by Gasteiger charge is 2.37. The monoisotopic (exact) mass is 437 g/mol. The Balaban J connectivity index is 2.04. The van der Waals surface area contributed by atoms with E-state index in [0.717, 1.165) is 17.5 Å². The lowest BCUT2D eigenvalue weighted by Gasteiger charge is -2.24. The van der Waals surface area contributed by atoms with Crippen LogP contribution in [0, 0.1) is 11.6 Å². The van der Waals surface area contributed by atoms with Gasteiger partial charge >= 0.3 is 0 Å². The number of fused-ring (bicyclic) bond motifs is 1. The summed E-state index contributed by atoms with van der Waals surface area (Å²) >= 11 is 6.56. The van der Waals surface area contributed by atoms with Crippen LogP contribution in [-0.2, 0) is 12.8 Å². The summed E-state index contributed by atoms with van der Waals surface area (Å²) in [5.41, 5.74) is 11.0. The Morgan fingerprint density at radius 3 is 2.42 bits per heavy atom. The van der Waals surface area contributed by atoms with Crippen molar-refractivity contribution < 1.29 is 8.78 Å². The maximum Gasteiger partial charge on any atom is 0.142 e. The molecule has 1 aliphatic rings. The number of benzene rings is 3. The van der Waals surface area contributed by atoms with Gasteiger partial charge in [-0.3, -0.25) is 0 Å². The smallest absolute Gasteiger partial charge is 0.142 e. The number of nitrogens with two attached hydrogens (primary N) is 1. The van der Waals surface area contributed by atoms with E-state index in [2.05, 4.69) is 25.6 Å². The SMILES string of the molecule is C=C(N)c1ccc(CC)c(F)c1-c1c(Cl)c(F)cc2c1C(CC)C(c1ccccc1)C2. The third-order valence-corrected chi connectivity index (χ3v) is 6.88. The van der Waals surface area contributed by atoms with Gasteiger partial charge in [0.2, 0.25) is 0 Å². The zero-order chi connectivity index (χ0) is 22.3. The van der Waals surface area contributed by atoms with Gasteiger partial charge in [-0.2, -0.15) is 0 Å². The van der Waals surface area contributed by atoms with E-state index in [9.17, 15) is 0 Å². The second-order valence-corrected chi connectivity index (χ2v) is 8.57. The van der Waals surface area contributed by atoms with E-state index >= 15 is 8.78 Å². The predicted octanol–water partition coefficient (Wildman–Crippen LogP) is 7.61. The standard InChI is InChI=1S/C27H26ClF2N/c1-4-16-11-12-20(15(3)31)24(27(16)30)25-23-18(14-22(29)26(25)28)13-21(19(23)5-2)17-9-7-6-8-10-17/h6-12,14,19,21H,3-5,13,31H2,1-2H3. The molecule has 3 aromatic carbocycles. The van der Waals surface area contributed by atoms with Crippen LogP contribution in [0.3, 0.4) is 0 Å². The molecule has 0 aromatic heterocycles. The van der Waals surface area contributed by atoms with E-state index < -0.39 is 11.6 Å². The molecule has 31 heavy (non-hydrogen) atoms. The Morgan fingerprint density at radius 1 is 1.10 bits per heavy atom. The fourth-order valence-electron chi connectivity index (χ4n) is 5.05. The molecule has 4 rings (SSSR count). The fourth-order valence-corrected chi connectivity index (χ4v) is 5.30. The molecule has 2 N–H and O–H groups in total. The molecule has 2 atom stereocenters. The lowest BCUT2D eigenvalue weighted by Crippen LogP contribution is -2.08. The molecule has 0 saturated carbocycles. The van der Waals surface area contributed by atoms with Crippen LogP contribution < -0.4 is 5.73 Å². The van der Waals surface area contributed by atoms with Gasteiger partial charge in [0.25, 0.3) is 0 Å².